The summed E-state index contributed by atoms with van der Waals surface area (Å²) in [4.78, 5) is 11.4. The first-order valence-electron chi connectivity index (χ1n) is 9.32. The minimum Gasteiger partial charge on any atom is -0.493 e. The fraction of sp³-hybridized carbons (Fsp3) is 0.273. The van der Waals surface area contributed by atoms with Crippen molar-refractivity contribution in [3.63, 3.8) is 0 Å². The molecule has 2 aromatic carbocycles. The molecule has 1 aliphatic heterocycles. The van der Waals surface area contributed by atoms with Crippen LogP contribution in [0.15, 0.2) is 48.7 Å². The van der Waals surface area contributed by atoms with Gasteiger partial charge in [0.25, 0.3) is 0 Å². The minimum atomic E-state index is 0.720. The molecule has 4 rings (SSSR count). The molecule has 2 heterocycles. The lowest BCUT2D eigenvalue weighted by Gasteiger charge is -2.29. The Morgan fingerprint density at radius 2 is 1.68 bits per heavy atom. The predicted molar refractivity (Wildman–Crippen MR) is 111 cm³/mol. The van der Waals surface area contributed by atoms with E-state index in [1.54, 1.807) is 20.4 Å². The molecule has 3 aromatic rings. The first-order valence-corrected chi connectivity index (χ1v) is 9.32. The van der Waals surface area contributed by atoms with Crippen LogP contribution in [0.25, 0.3) is 0 Å². The normalized spacial score (nSPS) is 13.0. The van der Waals surface area contributed by atoms with E-state index >= 15 is 0 Å². The van der Waals surface area contributed by atoms with Crippen LogP contribution in [0.4, 0.5) is 17.5 Å². The maximum atomic E-state index is 5.45. The third kappa shape index (κ3) is 3.71. The molecular formula is C22H24N4O2. The average Bonchev–Trinajstić information content (AvgIpc) is 2.74. The smallest absolute Gasteiger partial charge is 0.227 e. The van der Waals surface area contributed by atoms with Gasteiger partial charge in [0.1, 0.15) is 5.82 Å². The number of aromatic nitrogens is 2. The SMILES string of the molecule is COc1cc2c(cc1OC)CN(c1nccc(Nc3ccc(C)cc3)n1)CC2. The second kappa shape index (κ2) is 7.76. The van der Waals surface area contributed by atoms with E-state index in [1.807, 2.05) is 18.2 Å². The van der Waals surface area contributed by atoms with Gasteiger partial charge in [-0.3, -0.25) is 0 Å². The number of fused-ring (bicyclic) bond motifs is 1. The van der Waals surface area contributed by atoms with Crippen LogP contribution < -0.4 is 19.7 Å². The fourth-order valence-corrected chi connectivity index (χ4v) is 3.41. The predicted octanol–water partition coefficient (Wildman–Crippen LogP) is 4.11. The summed E-state index contributed by atoms with van der Waals surface area (Å²) in [6.07, 6.45) is 2.71. The van der Waals surface area contributed by atoms with Gasteiger partial charge in [-0.2, -0.15) is 4.98 Å². The van der Waals surface area contributed by atoms with Crippen molar-refractivity contribution < 1.29 is 9.47 Å². The number of hydrogen-bond acceptors (Lipinski definition) is 6. The van der Waals surface area contributed by atoms with Gasteiger partial charge in [-0.15, -0.1) is 0 Å². The van der Waals surface area contributed by atoms with Crippen molar-refractivity contribution in [2.24, 2.45) is 0 Å². The standard InChI is InChI=1S/C22H24N4O2/c1-15-4-6-18(7-5-15)24-21-8-10-23-22(25-21)26-11-9-16-12-19(27-2)20(28-3)13-17(16)14-26/h4-8,10,12-13H,9,11,14H2,1-3H3,(H,23,24,25). The molecule has 6 heteroatoms. The second-order valence-corrected chi connectivity index (χ2v) is 6.88. The first-order chi connectivity index (χ1) is 13.7. The molecule has 0 spiro atoms. The van der Waals surface area contributed by atoms with E-state index in [-0.39, 0.29) is 0 Å². The molecule has 144 valence electrons. The summed E-state index contributed by atoms with van der Waals surface area (Å²) >= 11 is 0. The van der Waals surface area contributed by atoms with Crippen molar-refractivity contribution in [2.45, 2.75) is 19.9 Å². The fourth-order valence-electron chi connectivity index (χ4n) is 3.41. The molecule has 0 saturated carbocycles. The highest BCUT2D eigenvalue weighted by molar-refractivity contribution is 5.58. The quantitative estimate of drug-likeness (QED) is 0.723. The number of nitrogens with zero attached hydrogens (tertiary/aromatic N) is 3. The van der Waals surface area contributed by atoms with Gasteiger partial charge in [-0.1, -0.05) is 17.7 Å². The molecule has 28 heavy (non-hydrogen) atoms. The monoisotopic (exact) mass is 376 g/mol. The largest absolute Gasteiger partial charge is 0.493 e. The molecule has 1 N–H and O–H groups in total. The average molecular weight is 376 g/mol. The van der Waals surface area contributed by atoms with Crippen LogP contribution in [-0.4, -0.2) is 30.7 Å². The Labute approximate surface area is 165 Å². The summed E-state index contributed by atoms with van der Waals surface area (Å²) in [5.41, 5.74) is 4.73. The molecule has 0 aliphatic carbocycles. The van der Waals surface area contributed by atoms with Gasteiger partial charge in [-0.05, 0) is 54.8 Å². The number of benzene rings is 2. The summed E-state index contributed by atoms with van der Waals surface area (Å²) < 4.78 is 10.9. The molecule has 0 saturated heterocycles. The van der Waals surface area contributed by atoms with Crippen LogP contribution >= 0.6 is 0 Å². The van der Waals surface area contributed by atoms with Crippen molar-refractivity contribution in [2.75, 3.05) is 31.0 Å². The lowest BCUT2D eigenvalue weighted by molar-refractivity contribution is 0.353. The molecule has 1 aromatic heterocycles. The van der Waals surface area contributed by atoms with E-state index in [0.717, 1.165) is 48.5 Å². The highest BCUT2D eigenvalue weighted by Gasteiger charge is 2.21. The molecule has 1 aliphatic rings. The summed E-state index contributed by atoms with van der Waals surface area (Å²) in [7, 11) is 3.33. The molecule has 0 radical (unpaired) electrons. The third-order valence-electron chi connectivity index (χ3n) is 4.97. The maximum Gasteiger partial charge on any atom is 0.227 e. The molecule has 0 unspecified atom stereocenters. The van der Waals surface area contributed by atoms with Gasteiger partial charge >= 0.3 is 0 Å². The summed E-state index contributed by atoms with van der Waals surface area (Å²) in [5, 5.41) is 3.35. The van der Waals surface area contributed by atoms with Gasteiger partial charge in [0.2, 0.25) is 5.95 Å². The third-order valence-corrected chi connectivity index (χ3v) is 4.97. The van der Waals surface area contributed by atoms with Gasteiger partial charge in [0.15, 0.2) is 11.5 Å². The Balaban J connectivity index is 1.55. The molecule has 0 fully saturated rings. The summed E-state index contributed by atoms with van der Waals surface area (Å²) in [6.45, 7) is 3.67. The Morgan fingerprint density at radius 1 is 0.964 bits per heavy atom. The van der Waals surface area contributed by atoms with Crippen LogP contribution in [0.5, 0.6) is 11.5 Å². The zero-order valence-electron chi connectivity index (χ0n) is 16.4. The zero-order chi connectivity index (χ0) is 19.5. The number of aryl methyl sites for hydroxylation is 1. The van der Waals surface area contributed by atoms with Crippen molar-refractivity contribution in [3.05, 3.63) is 65.4 Å². The summed E-state index contributed by atoms with van der Waals surface area (Å²) in [6, 6.07) is 14.3. The van der Waals surface area contributed by atoms with E-state index in [1.165, 1.54) is 16.7 Å². The van der Waals surface area contributed by atoms with Crippen molar-refractivity contribution in [1.82, 2.24) is 9.97 Å². The van der Waals surface area contributed by atoms with Gasteiger partial charge in [-0.25, -0.2) is 4.98 Å². The molecule has 0 bridgehead atoms. The first kappa shape index (κ1) is 18.1. The number of nitrogens with one attached hydrogen (secondary N) is 1. The van der Waals surface area contributed by atoms with Crippen LogP contribution in [0.3, 0.4) is 0 Å². The van der Waals surface area contributed by atoms with Crippen LogP contribution in [-0.2, 0) is 13.0 Å². The number of hydrogen-bond donors (Lipinski definition) is 1. The van der Waals surface area contributed by atoms with E-state index in [0.29, 0.717) is 0 Å². The van der Waals surface area contributed by atoms with E-state index in [9.17, 15) is 0 Å². The van der Waals surface area contributed by atoms with Gasteiger partial charge < -0.3 is 19.7 Å². The van der Waals surface area contributed by atoms with E-state index in [4.69, 9.17) is 14.5 Å². The Kier molecular flexibility index (Phi) is 5.02. The number of rotatable bonds is 5. The Morgan fingerprint density at radius 3 is 2.39 bits per heavy atom. The Bertz CT molecular complexity index is 973. The highest BCUT2D eigenvalue weighted by Crippen LogP contribution is 2.34. The van der Waals surface area contributed by atoms with Gasteiger partial charge in [0.05, 0.1) is 14.2 Å². The Hall–Kier alpha value is -3.28. The van der Waals surface area contributed by atoms with Crippen LogP contribution in [0, 0.1) is 6.92 Å². The molecule has 0 amide bonds. The van der Waals surface area contributed by atoms with Crippen molar-refractivity contribution in [3.8, 4) is 11.5 Å². The zero-order valence-corrected chi connectivity index (χ0v) is 16.4. The van der Waals surface area contributed by atoms with Crippen molar-refractivity contribution >= 4 is 17.5 Å². The number of ether oxygens (including phenoxy) is 2. The highest BCUT2D eigenvalue weighted by atomic mass is 16.5. The maximum absolute atomic E-state index is 5.45. The second-order valence-electron chi connectivity index (χ2n) is 6.88. The summed E-state index contributed by atoms with van der Waals surface area (Å²) in [5.74, 6) is 3.03. The minimum absolute atomic E-state index is 0.720. The van der Waals surface area contributed by atoms with Crippen LogP contribution in [0.2, 0.25) is 0 Å². The van der Waals surface area contributed by atoms with Crippen molar-refractivity contribution in [1.29, 1.82) is 0 Å². The molecular weight excluding hydrogens is 352 g/mol. The van der Waals surface area contributed by atoms with E-state index < -0.39 is 0 Å². The number of anilines is 3. The lowest BCUT2D eigenvalue weighted by atomic mass is 9.99. The molecule has 0 atom stereocenters. The lowest BCUT2D eigenvalue weighted by Crippen LogP contribution is -2.31. The molecule has 6 nitrogen and oxygen atoms in total. The number of methoxy groups -OCH3 is 2. The topological polar surface area (TPSA) is 59.5 Å². The van der Waals surface area contributed by atoms with E-state index in [2.05, 4.69) is 46.4 Å². The van der Waals surface area contributed by atoms with Crippen LogP contribution in [0.1, 0.15) is 16.7 Å². The van der Waals surface area contributed by atoms with Gasteiger partial charge in [0, 0.05) is 25.0 Å².